The third-order valence-electron chi connectivity index (χ3n) is 5.63. The molecule has 0 atom stereocenters. The van der Waals surface area contributed by atoms with Gasteiger partial charge in [0.05, 0.1) is 11.2 Å². The normalized spacial score (nSPS) is 11.3. The first kappa shape index (κ1) is 23.4. The second-order valence-electron chi connectivity index (χ2n) is 9.15. The molecule has 34 heavy (non-hydrogen) atoms. The molecule has 0 saturated heterocycles. The number of nitrogens with zero attached hydrogens (tertiary/aromatic N) is 3. The van der Waals surface area contributed by atoms with Crippen molar-refractivity contribution in [2.75, 3.05) is 24.7 Å². The van der Waals surface area contributed by atoms with E-state index in [1.165, 1.54) is 0 Å². The second-order valence-corrected chi connectivity index (χ2v) is 9.15. The number of carbonyl (C=O) groups is 1. The number of anilines is 3. The third kappa shape index (κ3) is 5.41. The molecule has 4 rings (SSSR count). The molecule has 6 nitrogen and oxygen atoms in total. The fourth-order valence-electron chi connectivity index (χ4n) is 3.89. The molecule has 0 saturated carbocycles. The maximum atomic E-state index is 12.9. The summed E-state index contributed by atoms with van der Waals surface area (Å²) in [6, 6.07) is 21.6. The van der Waals surface area contributed by atoms with Crippen LogP contribution < -0.4 is 10.6 Å². The number of amides is 1. The lowest BCUT2D eigenvalue weighted by Gasteiger charge is -2.14. The minimum atomic E-state index is -0.138. The number of benzene rings is 3. The van der Waals surface area contributed by atoms with E-state index in [2.05, 4.69) is 46.5 Å². The summed E-state index contributed by atoms with van der Waals surface area (Å²) in [7, 11) is 4.06. The van der Waals surface area contributed by atoms with Crippen LogP contribution in [0.25, 0.3) is 10.9 Å². The van der Waals surface area contributed by atoms with Crippen molar-refractivity contribution in [1.82, 2.24) is 14.9 Å². The smallest absolute Gasteiger partial charge is 0.255 e. The minimum absolute atomic E-state index is 0.138. The molecule has 3 aromatic carbocycles. The van der Waals surface area contributed by atoms with Gasteiger partial charge in [-0.1, -0.05) is 44.2 Å². The average molecular weight is 454 g/mol. The summed E-state index contributed by atoms with van der Waals surface area (Å²) in [4.78, 5) is 24.4. The van der Waals surface area contributed by atoms with Crippen LogP contribution in [0.1, 0.15) is 46.9 Å². The quantitative estimate of drug-likeness (QED) is 0.353. The summed E-state index contributed by atoms with van der Waals surface area (Å²) in [6.45, 7) is 7.07. The number of fused-ring (bicyclic) bond motifs is 1. The van der Waals surface area contributed by atoms with E-state index < -0.39 is 0 Å². The monoisotopic (exact) mass is 453 g/mol. The SMILES string of the molecule is Cc1ccc(CN(C)C)cc1NC(=O)c1ccc(Nc2nc(C(C)C)c3ccccc3n2)cc1. The molecule has 0 aliphatic rings. The Hall–Kier alpha value is -3.77. The number of nitrogens with one attached hydrogen (secondary N) is 2. The van der Waals surface area contributed by atoms with Crippen LogP contribution in [0.15, 0.2) is 66.7 Å². The van der Waals surface area contributed by atoms with Crippen LogP contribution >= 0.6 is 0 Å². The molecule has 0 aliphatic heterocycles. The van der Waals surface area contributed by atoms with Gasteiger partial charge in [0, 0.05) is 28.9 Å². The van der Waals surface area contributed by atoms with E-state index in [9.17, 15) is 4.79 Å². The highest BCUT2D eigenvalue weighted by molar-refractivity contribution is 6.04. The lowest BCUT2D eigenvalue weighted by Crippen LogP contribution is -2.14. The molecule has 1 heterocycles. The Kier molecular flexibility index (Phi) is 6.89. The maximum Gasteiger partial charge on any atom is 0.255 e. The molecule has 6 heteroatoms. The fraction of sp³-hybridized carbons (Fsp3) is 0.250. The van der Waals surface area contributed by atoms with Crippen molar-refractivity contribution in [3.05, 3.63) is 89.1 Å². The molecular weight excluding hydrogens is 422 g/mol. The standard InChI is InChI=1S/C28H31N5O/c1-18(2)26-23-8-6-7-9-24(23)31-28(32-26)29-22-14-12-21(13-15-22)27(34)30-25-16-20(17-33(4)5)11-10-19(25)3/h6-16,18H,17H2,1-5H3,(H,30,34)(H,29,31,32). The fourth-order valence-corrected chi connectivity index (χ4v) is 3.89. The van der Waals surface area contributed by atoms with Crippen molar-refractivity contribution in [2.24, 2.45) is 0 Å². The van der Waals surface area contributed by atoms with Crippen LogP contribution in [-0.2, 0) is 6.54 Å². The Morgan fingerprint density at radius 2 is 1.71 bits per heavy atom. The molecule has 2 N–H and O–H groups in total. The van der Waals surface area contributed by atoms with E-state index in [-0.39, 0.29) is 11.8 Å². The molecule has 0 bridgehead atoms. The van der Waals surface area contributed by atoms with Crippen molar-refractivity contribution in [3.8, 4) is 0 Å². The van der Waals surface area contributed by atoms with Gasteiger partial charge >= 0.3 is 0 Å². The highest BCUT2D eigenvalue weighted by Gasteiger charge is 2.12. The number of carbonyl (C=O) groups excluding carboxylic acids is 1. The summed E-state index contributed by atoms with van der Waals surface area (Å²) >= 11 is 0. The summed E-state index contributed by atoms with van der Waals surface area (Å²) in [5.74, 6) is 0.688. The van der Waals surface area contributed by atoms with Gasteiger partial charge in [0.2, 0.25) is 5.95 Å². The van der Waals surface area contributed by atoms with Gasteiger partial charge in [-0.25, -0.2) is 9.97 Å². The Bertz CT molecular complexity index is 1310. The first-order chi connectivity index (χ1) is 16.3. The van der Waals surface area contributed by atoms with E-state index in [0.29, 0.717) is 11.5 Å². The number of hydrogen-bond acceptors (Lipinski definition) is 5. The van der Waals surface area contributed by atoms with E-state index >= 15 is 0 Å². The molecule has 174 valence electrons. The van der Waals surface area contributed by atoms with Crippen LogP contribution in [0, 0.1) is 6.92 Å². The van der Waals surface area contributed by atoms with Gasteiger partial charge in [0.25, 0.3) is 5.91 Å². The van der Waals surface area contributed by atoms with Crippen molar-refractivity contribution in [1.29, 1.82) is 0 Å². The van der Waals surface area contributed by atoms with Crippen molar-refractivity contribution < 1.29 is 4.79 Å². The van der Waals surface area contributed by atoms with Gasteiger partial charge in [-0.3, -0.25) is 4.79 Å². The van der Waals surface area contributed by atoms with Crippen molar-refractivity contribution in [2.45, 2.75) is 33.2 Å². The van der Waals surface area contributed by atoms with Gasteiger partial charge in [0.15, 0.2) is 0 Å². The number of aryl methyl sites for hydroxylation is 1. The summed E-state index contributed by atoms with van der Waals surface area (Å²) in [6.07, 6.45) is 0. The lowest BCUT2D eigenvalue weighted by molar-refractivity contribution is 0.102. The van der Waals surface area contributed by atoms with Gasteiger partial charge in [-0.05, 0) is 74.5 Å². The molecule has 1 amide bonds. The molecule has 0 radical (unpaired) electrons. The summed E-state index contributed by atoms with van der Waals surface area (Å²) < 4.78 is 0. The van der Waals surface area contributed by atoms with Crippen molar-refractivity contribution in [3.63, 3.8) is 0 Å². The van der Waals surface area contributed by atoms with Crippen LogP contribution in [0.5, 0.6) is 0 Å². The minimum Gasteiger partial charge on any atom is -0.324 e. The third-order valence-corrected chi connectivity index (χ3v) is 5.63. The highest BCUT2D eigenvalue weighted by Crippen LogP contribution is 2.25. The Morgan fingerprint density at radius 3 is 2.41 bits per heavy atom. The van der Waals surface area contributed by atoms with Gasteiger partial charge in [0.1, 0.15) is 0 Å². The van der Waals surface area contributed by atoms with Crippen LogP contribution in [0.3, 0.4) is 0 Å². The first-order valence-corrected chi connectivity index (χ1v) is 11.5. The summed E-state index contributed by atoms with van der Waals surface area (Å²) in [5, 5.41) is 7.40. The lowest BCUT2D eigenvalue weighted by atomic mass is 10.0. The molecule has 0 unspecified atom stereocenters. The zero-order valence-electron chi connectivity index (χ0n) is 20.4. The molecule has 4 aromatic rings. The van der Waals surface area contributed by atoms with E-state index in [1.54, 1.807) is 12.1 Å². The zero-order valence-corrected chi connectivity index (χ0v) is 20.4. The first-order valence-electron chi connectivity index (χ1n) is 11.5. The molecule has 0 spiro atoms. The van der Waals surface area contributed by atoms with E-state index in [0.717, 1.165) is 45.6 Å². The van der Waals surface area contributed by atoms with Gasteiger partial charge in [-0.2, -0.15) is 0 Å². The number of hydrogen-bond donors (Lipinski definition) is 2. The van der Waals surface area contributed by atoms with Gasteiger partial charge < -0.3 is 15.5 Å². The highest BCUT2D eigenvalue weighted by atomic mass is 16.1. The zero-order chi connectivity index (χ0) is 24.2. The number of aromatic nitrogens is 2. The van der Waals surface area contributed by atoms with E-state index in [1.807, 2.05) is 63.5 Å². The van der Waals surface area contributed by atoms with Crippen LogP contribution in [0.4, 0.5) is 17.3 Å². The second kappa shape index (κ2) is 10.0. The number of rotatable bonds is 7. The van der Waals surface area contributed by atoms with Crippen molar-refractivity contribution >= 4 is 34.1 Å². The van der Waals surface area contributed by atoms with Crippen LogP contribution in [-0.4, -0.2) is 34.9 Å². The maximum absolute atomic E-state index is 12.9. The predicted octanol–water partition coefficient (Wildman–Crippen LogP) is 6.12. The molecule has 1 aromatic heterocycles. The van der Waals surface area contributed by atoms with Crippen LogP contribution in [0.2, 0.25) is 0 Å². The Labute approximate surface area is 201 Å². The van der Waals surface area contributed by atoms with Gasteiger partial charge in [-0.15, -0.1) is 0 Å². The average Bonchev–Trinajstić information content (AvgIpc) is 2.80. The van der Waals surface area contributed by atoms with E-state index in [4.69, 9.17) is 4.98 Å². The molecule has 0 fully saturated rings. The number of para-hydroxylation sites is 1. The molecular formula is C28H31N5O. The summed E-state index contributed by atoms with van der Waals surface area (Å²) in [5.41, 5.74) is 6.35. The largest absolute Gasteiger partial charge is 0.324 e. The Morgan fingerprint density at radius 1 is 0.971 bits per heavy atom. The topological polar surface area (TPSA) is 70.2 Å². The Balaban J connectivity index is 1.50. The predicted molar refractivity (Wildman–Crippen MR) is 140 cm³/mol. The molecule has 0 aliphatic carbocycles.